The fourth-order valence-corrected chi connectivity index (χ4v) is 6.17. The van der Waals surface area contributed by atoms with Crippen LogP contribution in [0.5, 0.6) is 11.8 Å². The Kier molecular flexibility index (Phi) is 12.9. The van der Waals surface area contributed by atoms with Crippen molar-refractivity contribution in [1.29, 1.82) is 0 Å². The van der Waals surface area contributed by atoms with E-state index in [0.717, 1.165) is 17.3 Å². The van der Waals surface area contributed by atoms with Crippen LogP contribution < -0.4 is 20.1 Å². The van der Waals surface area contributed by atoms with Gasteiger partial charge >= 0.3 is 6.18 Å². The van der Waals surface area contributed by atoms with Crippen molar-refractivity contribution in [3.05, 3.63) is 149 Å². The first kappa shape index (κ1) is 39.7. The number of aromatic nitrogens is 3. The summed E-state index contributed by atoms with van der Waals surface area (Å²) in [7, 11) is 0. The summed E-state index contributed by atoms with van der Waals surface area (Å²) < 4.78 is 86.7. The summed E-state index contributed by atoms with van der Waals surface area (Å²) in [6, 6.07) is 13.3. The summed E-state index contributed by atoms with van der Waals surface area (Å²) in [6.07, 6.45) is 4.99. The van der Waals surface area contributed by atoms with E-state index in [1.807, 2.05) is 18.3 Å². The fourth-order valence-electron chi connectivity index (χ4n) is 6.17. The molecule has 4 atom stereocenters. The van der Waals surface area contributed by atoms with E-state index in [1.54, 1.807) is 24.3 Å². The van der Waals surface area contributed by atoms with E-state index in [9.17, 15) is 31.5 Å². The van der Waals surface area contributed by atoms with Crippen LogP contribution in [-0.4, -0.2) is 58.3 Å². The van der Waals surface area contributed by atoms with Crippen molar-refractivity contribution in [2.24, 2.45) is 5.92 Å². The summed E-state index contributed by atoms with van der Waals surface area (Å²) >= 11 is 0. The van der Waals surface area contributed by atoms with E-state index < -0.39 is 24.0 Å². The second-order valence-electron chi connectivity index (χ2n) is 13.3. The van der Waals surface area contributed by atoms with Crippen molar-refractivity contribution in [1.82, 2.24) is 25.6 Å². The van der Waals surface area contributed by atoms with E-state index >= 15 is 0 Å². The number of pyridine rings is 3. The van der Waals surface area contributed by atoms with Crippen LogP contribution in [0.2, 0.25) is 0 Å². The molecule has 15 heteroatoms. The molecule has 4 aromatic rings. The molecule has 1 aliphatic heterocycles. The van der Waals surface area contributed by atoms with Gasteiger partial charge in [0.25, 0.3) is 11.8 Å². The second-order valence-corrected chi connectivity index (χ2v) is 13.3. The lowest BCUT2D eigenvalue weighted by molar-refractivity contribution is -0.156. The van der Waals surface area contributed by atoms with E-state index in [1.165, 1.54) is 67.0 Å². The number of nitrogens with one attached hydrogen (secondary N) is 2. The number of hydrogen-bond donors (Lipinski definition) is 2. The summed E-state index contributed by atoms with van der Waals surface area (Å²) in [5, 5.41) is 4.92. The van der Waals surface area contributed by atoms with Gasteiger partial charge in [-0.1, -0.05) is 24.3 Å². The SMILES string of the molecule is CC(NC(=O)c1ccc(OCc2cccc(F)c2)nc1)C1CCC(C2=CC(F)=CCC(COc3ccc(C(=O)NC(c4ccccn4)C(F)(F)F)cn3)=C2)CO1. The third-order valence-corrected chi connectivity index (χ3v) is 9.20. The number of alkyl halides is 3. The Morgan fingerprint density at radius 2 is 1.57 bits per heavy atom. The normalized spacial score (nSPS) is 18.3. The second kappa shape index (κ2) is 18.1. The highest BCUT2D eigenvalue weighted by Gasteiger charge is 2.43. The summed E-state index contributed by atoms with van der Waals surface area (Å²) in [6.45, 7) is 2.32. The van der Waals surface area contributed by atoms with Crippen molar-refractivity contribution >= 4 is 11.8 Å². The van der Waals surface area contributed by atoms with Crippen LogP contribution >= 0.6 is 0 Å². The van der Waals surface area contributed by atoms with Crippen molar-refractivity contribution in [2.75, 3.05) is 13.2 Å². The molecule has 1 aromatic carbocycles. The molecule has 2 N–H and O–H groups in total. The first-order chi connectivity index (χ1) is 26.9. The molecular formula is C41H38F5N5O5. The highest BCUT2D eigenvalue weighted by Crippen LogP contribution is 2.33. The van der Waals surface area contributed by atoms with Gasteiger partial charge in [-0.25, -0.2) is 18.7 Å². The van der Waals surface area contributed by atoms with Gasteiger partial charge in [0.15, 0.2) is 6.04 Å². The summed E-state index contributed by atoms with van der Waals surface area (Å²) in [5.41, 5.74) is 2.01. The number of amides is 2. The zero-order valence-electron chi connectivity index (χ0n) is 30.1. The quantitative estimate of drug-likeness (QED) is 0.132. The number of rotatable bonds is 13. The van der Waals surface area contributed by atoms with Gasteiger partial charge in [-0.2, -0.15) is 13.2 Å². The minimum atomic E-state index is -4.77. The molecule has 10 nitrogen and oxygen atoms in total. The average Bonchev–Trinajstić information content (AvgIpc) is 3.39. The number of nitrogens with zero attached hydrogens (tertiary/aromatic N) is 3. The predicted molar refractivity (Wildman–Crippen MR) is 195 cm³/mol. The van der Waals surface area contributed by atoms with Crippen LogP contribution in [0.1, 0.15) is 64.2 Å². The molecule has 0 bridgehead atoms. The van der Waals surface area contributed by atoms with Crippen LogP contribution in [0.3, 0.4) is 0 Å². The predicted octanol–water partition coefficient (Wildman–Crippen LogP) is 7.73. The first-order valence-corrected chi connectivity index (χ1v) is 17.8. The Hall–Kier alpha value is -5.96. The van der Waals surface area contributed by atoms with Gasteiger partial charge in [0.2, 0.25) is 11.8 Å². The molecule has 6 rings (SSSR count). The minimum absolute atomic E-state index is 0.0454. The summed E-state index contributed by atoms with van der Waals surface area (Å²) in [4.78, 5) is 37.6. The smallest absolute Gasteiger partial charge is 0.414 e. The van der Waals surface area contributed by atoms with Gasteiger partial charge in [0.05, 0.1) is 35.6 Å². The van der Waals surface area contributed by atoms with Crippen LogP contribution in [-0.2, 0) is 11.3 Å². The molecule has 3 aromatic heterocycles. The Labute approximate surface area is 319 Å². The van der Waals surface area contributed by atoms with Crippen molar-refractivity contribution in [3.63, 3.8) is 0 Å². The van der Waals surface area contributed by atoms with E-state index in [0.29, 0.717) is 36.5 Å². The minimum Gasteiger partial charge on any atom is -0.473 e. The van der Waals surface area contributed by atoms with Crippen LogP contribution in [0.15, 0.2) is 121 Å². The molecule has 292 valence electrons. The van der Waals surface area contributed by atoms with Gasteiger partial charge in [-0.05, 0) is 91.4 Å². The lowest BCUT2D eigenvalue weighted by Crippen LogP contribution is -2.45. The molecule has 1 saturated heterocycles. The number of hydrogen-bond acceptors (Lipinski definition) is 8. The molecule has 4 unspecified atom stereocenters. The Balaban J connectivity index is 0.975. The lowest BCUT2D eigenvalue weighted by atomic mass is 9.88. The topological polar surface area (TPSA) is 125 Å². The molecule has 0 radical (unpaired) electrons. The van der Waals surface area contributed by atoms with Crippen LogP contribution in [0, 0.1) is 11.7 Å². The van der Waals surface area contributed by atoms with Gasteiger partial charge in [0.1, 0.15) is 24.9 Å². The monoisotopic (exact) mass is 775 g/mol. The molecule has 1 aliphatic carbocycles. The molecule has 2 amide bonds. The van der Waals surface area contributed by atoms with Gasteiger partial charge < -0.3 is 24.8 Å². The third kappa shape index (κ3) is 10.8. The van der Waals surface area contributed by atoms with Crippen LogP contribution in [0.25, 0.3) is 0 Å². The number of carbonyl (C=O) groups is 2. The number of halogens is 5. The van der Waals surface area contributed by atoms with E-state index in [4.69, 9.17) is 14.2 Å². The molecular weight excluding hydrogens is 737 g/mol. The third-order valence-electron chi connectivity index (χ3n) is 9.20. The fraction of sp³-hybridized carbons (Fsp3) is 0.293. The van der Waals surface area contributed by atoms with Gasteiger partial charge in [-0.3, -0.25) is 14.6 Å². The maximum Gasteiger partial charge on any atom is 0.414 e. The highest BCUT2D eigenvalue weighted by atomic mass is 19.4. The number of benzene rings is 1. The number of carbonyl (C=O) groups excluding carboxylic acids is 2. The first-order valence-electron chi connectivity index (χ1n) is 17.8. The zero-order valence-corrected chi connectivity index (χ0v) is 30.1. The van der Waals surface area contributed by atoms with Crippen molar-refractivity contribution < 1.29 is 45.8 Å². The maximum absolute atomic E-state index is 14.7. The standard InChI is InChI=1S/C41H38F5N5O5/c1-25(50-39(52)28-10-14-36(48-20-28)55-22-26-5-4-6-32(42)18-26)35-13-9-30(24-54-35)31-17-27(8-12-33(43)19-31)23-56-37-15-11-29(21-49-37)40(53)51-38(41(44,45)46)34-7-2-3-16-47-34/h2-7,10-12,14-21,25,30,35,38H,8-9,13,22-24H2,1H3,(H,50,52)(H,51,53). The van der Waals surface area contributed by atoms with Crippen molar-refractivity contribution in [2.45, 2.75) is 57.2 Å². The molecule has 1 fully saturated rings. The average molecular weight is 776 g/mol. The molecule has 0 spiro atoms. The molecule has 56 heavy (non-hydrogen) atoms. The molecule has 2 aliphatic rings. The number of ether oxygens (including phenoxy) is 3. The van der Waals surface area contributed by atoms with E-state index in [2.05, 4.69) is 20.3 Å². The largest absolute Gasteiger partial charge is 0.473 e. The van der Waals surface area contributed by atoms with Crippen LogP contribution in [0.4, 0.5) is 22.0 Å². The Bertz CT molecular complexity index is 2070. The maximum atomic E-state index is 14.7. The Morgan fingerprint density at radius 3 is 2.18 bits per heavy atom. The van der Waals surface area contributed by atoms with Gasteiger partial charge in [0, 0.05) is 36.6 Å². The van der Waals surface area contributed by atoms with Crippen molar-refractivity contribution in [3.8, 4) is 11.8 Å². The summed E-state index contributed by atoms with van der Waals surface area (Å²) in [5.74, 6) is -1.78. The Morgan fingerprint density at radius 1 is 0.857 bits per heavy atom. The number of allylic oxidation sites excluding steroid dienone is 4. The van der Waals surface area contributed by atoms with E-state index in [-0.39, 0.29) is 66.6 Å². The van der Waals surface area contributed by atoms with Gasteiger partial charge in [-0.15, -0.1) is 0 Å². The molecule has 4 heterocycles. The lowest BCUT2D eigenvalue weighted by Gasteiger charge is -2.33. The molecule has 0 saturated carbocycles. The zero-order chi connectivity index (χ0) is 39.7. The highest BCUT2D eigenvalue weighted by molar-refractivity contribution is 5.94.